The van der Waals surface area contributed by atoms with Gasteiger partial charge in [0.1, 0.15) is 0 Å². The summed E-state index contributed by atoms with van der Waals surface area (Å²) in [7, 11) is 1.64. The predicted molar refractivity (Wildman–Crippen MR) is 71.8 cm³/mol. The Kier molecular flexibility index (Phi) is 3.75. The SMILES string of the molecule is Cc1ccncc1CNC(=O)c1ccn(C)c(=O)c1. The van der Waals surface area contributed by atoms with Crippen LogP contribution in [0.2, 0.25) is 0 Å². The number of hydrogen-bond donors (Lipinski definition) is 1. The number of carbonyl (C=O) groups excluding carboxylic acids is 1. The van der Waals surface area contributed by atoms with Crippen LogP contribution in [-0.2, 0) is 13.6 Å². The second kappa shape index (κ2) is 5.48. The first-order valence-electron chi connectivity index (χ1n) is 5.92. The maximum Gasteiger partial charge on any atom is 0.251 e. The van der Waals surface area contributed by atoms with Crippen molar-refractivity contribution in [1.82, 2.24) is 14.9 Å². The van der Waals surface area contributed by atoms with Crippen molar-refractivity contribution in [3.63, 3.8) is 0 Å². The number of amides is 1. The van der Waals surface area contributed by atoms with Crippen molar-refractivity contribution in [3.05, 3.63) is 63.8 Å². The average Bonchev–Trinajstić information content (AvgIpc) is 2.40. The van der Waals surface area contributed by atoms with E-state index < -0.39 is 0 Å². The molecule has 0 saturated carbocycles. The van der Waals surface area contributed by atoms with Gasteiger partial charge in [0.15, 0.2) is 0 Å². The average molecular weight is 257 g/mol. The molecular weight excluding hydrogens is 242 g/mol. The van der Waals surface area contributed by atoms with E-state index in [9.17, 15) is 9.59 Å². The van der Waals surface area contributed by atoms with Crippen molar-refractivity contribution < 1.29 is 4.79 Å². The highest BCUT2D eigenvalue weighted by Gasteiger charge is 2.07. The normalized spacial score (nSPS) is 10.2. The molecule has 2 aromatic heterocycles. The Morgan fingerprint density at radius 3 is 2.89 bits per heavy atom. The Morgan fingerprint density at radius 1 is 1.42 bits per heavy atom. The van der Waals surface area contributed by atoms with Gasteiger partial charge in [0.05, 0.1) is 0 Å². The summed E-state index contributed by atoms with van der Waals surface area (Å²) in [6.45, 7) is 2.36. The van der Waals surface area contributed by atoms with E-state index in [4.69, 9.17) is 0 Å². The number of rotatable bonds is 3. The molecule has 0 spiro atoms. The fraction of sp³-hybridized carbons (Fsp3) is 0.214. The molecule has 2 rings (SSSR count). The van der Waals surface area contributed by atoms with Crippen molar-refractivity contribution in [3.8, 4) is 0 Å². The molecule has 0 fully saturated rings. The van der Waals surface area contributed by atoms with E-state index >= 15 is 0 Å². The van der Waals surface area contributed by atoms with Gasteiger partial charge in [-0.25, -0.2) is 0 Å². The van der Waals surface area contributed by atoms with E-state index in [2.05, 4.69) is 10.3 Å². The molecular formula is C14H15N3O2. The third-order valence-corrected chi connectivity index (χ3v) is 2.95. The summed E-state index contributed by atoms with van der Waals surface area (Å²) in [5, 5.41) is 2.78. The lowest BCUT2D eigenvalue weighted by Gasteiger charge is -2.07. The van der Waals surface area contributed by atoms with Gasteiger partial charge in [0, 0.05) is 43.8 Å². The van der Waals surface area contributed by atoms with E-state index in [-0.39, 0.29) is 11.5 Å². The first-order valence-corrected chi connectivity index (χ1v) is 5.92. The highest BCUT2D eigenvalue weighted by atomic mass is 16.2. The van der Waals surface area contributed by atoms with Gasteiger partial charge < -0.3 is 9.88 Å². The molecule has 19 heavy (non-hydrogen) atoms. The summed E-state index contributed by atoms with van der Waals surface area (Å²) in [6.07, 6.45) is 5.01. The largest absolute Gasteiger partial charge is 0.348 e. The lowest BCUT2D eigenvalue weighted by Crippen LogP contribution is -2.26. The van der Waals surface area contributed by atoms with Gasteiger partial charge in [-0.15, -0.1) is 0 Å². The molecule has 1 amide bonds. The molecule has 98 valence electrons. The van der Waals surface area contributed by atoms with Crippen LogP contribution in [0.15, 0.2) is 41.6 Å². The number of pyridine rings is 2. The molecule has 1 N–H and O–H groups in total. The van der Waals surface area contributed by atoms with Gasteiger partial charge >= 0.3 is 0 Å². The number of nitrogens with one attached hydrogen (secondary N) is 1. The fourth-order valence-electron chi connectivity index (χ4n) is 1.65. The van der Waals surface area contributed by atoms with E-state index in [0.717, 1.165) is 11.1 Å². The quantitative estimate of drug-likeness (QED) is 0.892. The first kappa shape index (κ1) is 13.0. The number of carbonyl (C=O) groups is 1. The zero-order valence-electron chi connectivity index (χ0n) is 10.9. The monoisotopic (exact) mass is 257 g/mol. The van der Waals surface area contributed by atoms with Gasteiger partial charge in [0.2, 0.25) is 0 Å². The fourth-order valence-corrected chi connectivity index (χ4v) is 1.65. The minimum absolute atomic E-state index is 0.204. The maximum absolute atomic E-state index is 11.9. The lowest BCUT2D eigenvalue weighted by atomic mass is 10.1. The summed E-state index contributed by atoms with van der Waals surface area (Å²) >= 11 is 0. The molecule has 0 atom stereocenters. The number of aromatic nitrogens is 2. The third-order valence-electron chi connectivity index (χ3n) is 2.95. The molecule has 0 aliphatic heterocycles. The standard InChI is InChI=1S/C14H15N3O2/c1-10-3-5-15-8-12(10)9-16-14(19)11-4-6-17(2)13(18)7-11/h3-8H,9H2,1-2H3,(H,16,19). The topological polar surface area (TPSA) is 64.0 Å². The molecule has 5 nitrogen and oxygen atoms in total. The third kappa shape index (κ3) is 3.07. The second-order valence-electron chi connectivity index (χ2n) is 4.35. The van der Waals surface area contributed by atoms with Gasteiger partial charge in [-0.1, -0.05) is 0 Å². The Labute approximate surface area is 110 Å². The molecule has 5 heteroatoms. The summed E-state index contributed by atoms with van der Waals surface area (Å²) in [4.78, 5) is 27.4. The van der Waals surface area contributed by atoms with Crippen molar-refractivity contribution in [2.75, 3.05) is 0 Å². The van der Waals surface area contributed by atoms with Gasteiger partial charge in [-0.05, 0) is 30.2 Å². The molecule has 2 heterocycles. The van der Waals surface area contributed by atoms with Crippen LogP contribution in [0.1, 0.15) is 21.5 Å². The number of nitrogens with zero attached hydrogens (tertiary/aromatic N) is 2. The van der Waals surface area contributed by atoms with Crippen molar-refractivity contribution in [2.45, 2.75) is 13.5 Å². The molecule has 0 unspecified atom stereocenters. The van der Waals surface area contributed by atoms with Gasteiger partial charge in [-0.2, -0.15) is 0 Å². The zero-order chi connectivity index (χ0) is 13.8. The van der Waals surface area contributed by atoms with Crippen LogP contribution in [0.3, 0.4) is 0 Å². The number of aryl methyl sites for hydroxylation is 2. The maximum atomic E-state index is 11.9. The minimum atomic E-state index is -0.263. The van der Waals surface area contributed by atoms with E-state index in [1.165, 1.54) is 10.6 Å². The van der Waals surface area contributed by atoms with Crippen molar-refractivity contribution in [1.29, 1.82) is 0 Å². The van der Waals surface area contributed by atoms with Gasteiger partial charge in [-0.3, -0.25) is 14.6 Å². The minimum Gasteiger partial charge on any atom is -0.348 e. The highest BCUT2D eigenvalue weighted by molar-refractivity contribution is 5.93. The van der Waals surface area contributed by atoms with Crippen LogP contribution in [0.25, 0.3) is 0 Å². The van der Waals surface area contributed by atoms with Crippen LogP contribution in [0.5, 0.6) is 0 Å². The molecule has 0 radical (unpaired) electrons. The summed E-state index contributed by atoms with van der Waals surface area (Å²) in [5.74, 6) is -0.263. The van der Waals surface area contributed by atoms with Crippen LogP contribution in [0.4, 0.5) is 0 Å². The van der Waals surface area contributed by atoms with Crippen molar-refractivity contribution >= 4 is 5.91 Å². The molecule has 0 aliphatic carbocycles. The summed E-state index contributed by atoms with van der Waals surface area (Å²) in [5.41, 5.74) is 2.19. The van der Waals surface area contributed by atoms with E-state index in [0.29, 0.717) is 12.1 Å². The smallest absolute Gasteiger partial charge is 0.251 e. The first-order chi connectivity index (χ1) is 9.08. The molecule has 0 bridgehead atoms. The molecule has 2 aromatic rings. The van der Waals surface area contributed by atoms with Crippen LogP contribution >= 0.6 is 0 Å². The molecule has 0 aliphatic rings. The van der Waals surface area contributed by atoms with Crippen LogP contribution in [-0.4, -0.2) is 15.5 Å². The highest BCUT2D eigenvalue weighted by Crippen LogP contribution is 2.04. The number of hydrogen-bond acceptors (Lipinski definition) is 3. The second-order valence-corrected chi connectivity index (χ2v) is 4.35. The van der Waals surface area contributed by atoms with Crippen LogP contribution in [0, 0.1) is 6.92 Å². The Hall–Kier alpha value is -2.43. The Morgan fingerprint density at radius 2 is 2.21 bits per heavy atom. The summed E-state index contributed by atoms with van der Waals surface area (Å²) < 4.78 is 1.42. The molecule has 0 aromatic carbocycles. The van der Waals surface area contributed by atoms with E-state index in [1.807, 2.05) is 13.0 Å². The zero-order valence-corrected chi connectivity index (χ0v) is 10.9. The van der Waals surface area contributed by atoms with E-state index in [1.54, 1.807) is 31.7 Å². The van der Waals surface area contributed by atoms with Crippen molar-refractivity contribution in [2.24, 2.45) is 7.05 Å². The summed E-state index contributed by atoms with van der Waals surface area (Å²) in [6, 6.07) is 4.83. The van der Waals surface area contributed by atoms with Crippen LogP contribution < -0.4 is 10.9 Å². The predicted octanol–water partition coefficient (Wildman–Crippen LogP) is 1.02. The Balaban J connectivity index is 2.08. The lowest BCUT2D eigenvalue weighted by molar-refractivity contribution is 0.0950. The molecule has 0 saturated heterocycles. The Bertz CT molecular complexity index is 662. The van der Waals surface area contributed by atoms with Gasteiger partial charge in [0.25, 0.3) is 11.5 Å².